The van der Waals surface area contributed by atoms with Crippen LogP contribution in [0, 0.1) is 0 Å². The van der Waals surface area contributed by atoms with Crippen molar-refractivity contribution in [2.24, 2.45) is 0 Å². The summed E-state index contributed by atoms with van der Waals surface area (Å²) in [6.45, 7) is 0. The molecule has 1 N–H and O–H groups in total. The Morgan fingerprint density at radius 2 is 2.25 bits per heavy atom. The fourth-order valence-electron chi connectivity index (χ4n) is 0. The van der Waals surface area contributed by atoms with Crippen LogP contribution < -0.4 is 0 Å². The molecular weight excluding hydrogens is 72.1 g/mol. The molecule has 0 saturated carbocycles. The van der Waals surface area contributed by atoms with E-state index in [-0.39, 0.29) is 0 Å². The van der Waals surface area contributed by atoms with Gasteiger partial charge >= 0.3 is 9.38 Å². The van der Waals surface area contributed by atoms with Crippen molar-refractivity contribution < 1.29 is 9.59 Å². The summed E-state index contributed by atoms with van der Waals surface area (Å²) in [6, 6.07) is 0. The van der Waals surface area contributed by atoms with Crippen LogP contribution in [0.4, 0.5) is 0 Å². The van der Waals surface area contributed by atoms with Crippen LogP contribution in [0.15, 0.2) is 0 Å². The molecule has 0 unspecified atom stereocenters. The van der Waals surface area contributed by atoms with Crippen LogP contribution in [0.25, 0.3) is 0 Å². The third-order valence-electron chi connectivity index (χ3n) is 0.0527. The quantitative estimate of drug-likeness (QED) is 0.351. The molecule has 0 heterocycles. The SMILES string of the molecule is O=C=[SiH]O. The molecule has 0 radical (unpaired) electrons. The summed E-state index contributed by atoms with van der Waals surface area (Å²) >= 11 is 0. The molecule has 2 nitrogen and oxygen atoms in total. The van der Waals surface area contributed by atoms with Crippen molar-refractivity contribution in [2.75, 3.05) is 0 Å². The molecule has 0 aromatic heterocycles. The van der Waals surface area contributed by atoms with E-state index < -0.39 is 9.38 Å². The van der Waals surface area contributed by atoms with Crippen molar-refractivity contribution in [3.63, 3.8) is 0 Å². The average Bonchev–Trinajstić information content (AvgIpc) is 1.37. The minimum Gasteiger partial charge on any atom is -0.560 e. The molecule has 0 fully saturated rings. The molecule has 0 saturated heterocycles. The Bertz CT molecular complexity index is 44.0. The third-order valence-corrected chi connectivity index (χ3v) is 0.158. The largest absolute Gasteiger partial charge is 0.560 e. The van der Waals surface area contributed by atoms with Gasteiger partial charge in [-0.2, -0.15) is 0 Å². The molecule has 0 aliphatic heterocycles. The standard InChI is InChI=1S/CH2O2Si/c2-1-4-3/h3-4H. The zero-order valence-electron chi connectivity index (χ0n) is 1.93. The summed E-state index contributed by atoms with van der Waals surface area (Å²) in [5.74, 6) is 0. The lowest BCUT2D eigenvalue weighted by molar-refractivity contribution is 0.563. The number of rotatable bonds is 0. The third kappa shape index (κ3) is 1.60. The predicted molar refractivity (Wildman–Crippen MR) is 15.1 cm³/mol. The second kappa shape index (κ2) is 2.60. The van der Waals surface area contributed by atoms with Crippen molar-refractivity contribution in [3.8, 4) is 0 Å². The Balaban J connectivity index is 3.11. The molecule has 0 spiro atoms. The first kappa shape index (κ1) is 3.60. The van der Waals surface area contributed by atoms with Gasteiger partial charge in [-0.25, -0.2) is 4.79 Å². The highest BCUT2D eigenvalue weighted by Crippen LogP contribution is 1.000. The Morgan fingerprint density at radius 3 is 2.25 bits per heavy atom. The second-order valence-electron chi connectivity index (χ2n) is 0.247. The highest BCUT2D eigenvalue weighted by molar-refractivity contribution is 6.34. The lowest BCUT2D eigenvalue weighted by Crippen LogP contribution is -1.62. The van der Waals surface area contributed by atoms with E-state index >= 15 is 0 Å². The maximum atomic E-state index is 8.84. The van der Waals surface area contributed by atoms with Gasteiger partial charge in [0.05, 0.1) is 0 Å². The van der Waals surface area contributed by atoms with E-state index in [2.05, 4.69) is 0 Å². The van der Waals surface area contributed by atoms with E-state index in [9.17, 15) is 0 Å². The molecule has 0 bridgehead atoms. The molecule has 0 rings (SSSR count). The monoisotopic (exact) mass is 74.0 g/mol. The van der Waals surface area contributed by atoms with E-state index in [4.69, 9.17) is 9.59 Å². The van der Waals surface area contributed by atoms with Gasteiger partial charge in [0, 0.05) is 0 Å². The molecule has 0 aromatic carbocycles. The van der Waals surface area contributed by atoms with Crippen molar-refractivity contribution in [2.45, 2.75) is 0 Å². The smallest absolute Gasteiger partial charge is 0.318 e. The first-order valence-electron chi connectivity index (χ1n) is 0.751. The van der Waals surface area contributed by atoms with Gasteiger partial charge < -0.3 is 4.80 Å². The van der Waals surface area contributed by atoms with E-state index in [1.165, 1.54) is 5.54 Å². The van der Waals surface area contributed by atoms with E-state index in [0.29, 0.717) is 0 Å². The summed E-state index contributed by atoms with van der Waals surface area (Å²) < 4.78 is 0. The van der Waals surface area contributed by atoms with Crippen LogP contribution in [0.3, 0.4) is 0 Å². The van der Waals surface area contributed by atoms with Gasteiger partial charge in [-0.3, -0.25) is 0 Å². The van der Waals surface area contributed by atoms with Gasteiger partial charge in [0.15, 0.2) is 0 Å². The van der Waals surface area contributed by atoms with Crippen LogP contribution in [0.1, 0.15) is 0 Å². The summed E-state index contributed by atoms with van der Waals surface area (Å²) in [4.78, 5) is 16.4. The maximum absolute atomic E-state index is 8.84. The van der Waals surface area contributed by atoms with Crippen LogP contribution in [-0.4, -0.2) is 19.7 Å². The summed E-state index contributed by atoms with van der Waals surface area (Å²) in [5, 5.41) is 0. The van der Waals surface area contributed by atoms with E-state index in [0.717, 1.165) is 0 Å². The topological polar surface area (TPSA) is 37.3 Å². The molecule has 3 heteroatoms. The minimum atomic E-state index is -1.02. The molecule has 0 aliphatic rings. The molecule has 0 atom stereocenters. The van der Waals surface area contributed by atoms with Crippen LogP contribution >= 0.6 is 0 Å². The van der Waals surface area contributed by atoms with E-state index in [1.807, 2.05) is 0 Å². The maximum Gasteiger partial charge on any atom is 0.318 e. The van der Waals surface area contributed by atoms with Gasteiger partial charge in [-0.1, -0.05) is 0 Å². The predicted octanol–water partition coefficient (Wildman–Crippen LogP) is -1.60. The van der Waals surface area contributed by atoms with Crippen molar-refractivity contribution in [1.29, 1.82) is 0 Å². The average molecular weight is 74.1 g/mol. The Morgan fingerprint density at radius 1 is 2.00 bits per heavy atom. The highest BCUT2D eigenvalue weighted by atomic mass is 28.2. The molecule has 0 amide bonds. The van der Waals surface area contributed by atoms with E-state index in [1.54, 1.807) is 0 Å². The van der Waals surface area contributed by atoms with Gasteiger partial charge in [-0.15, -0.1) is 0 Å². The van der Waals surface area contributed by atoms with Gasteiger partial charge in [0.25, 0.3) is 0 Å². The molecule has 0 aliphatic carbocycles. The molecule has 0 aromatic rings. The molecular formula is CH2O2Si. The lowest BCUT2D eigenvalue weighted by Gasteiger charge is -1.38. The Kier molecular flexibility index (Phi) is 2.34. The zero-order chi connectivity index (χ0) is 3.41. The fraction of sp³-hybridized carbons (Fsp3) is 0. The second-order valence-corrected chi connectivity index (χ2v) is 0.741. The van der Waals surface area contributed by atoms with Crippen LogP contribution in [0.5, 0.6) is 0 Å². The van der Waals surface area contributed by atoms with Crippen LogP contribution in [0.2, 0.25) is 0 Å². The summed E-state index contributed by atoms with van der Waals surface area (Å²) in [6.07, 6.45) is 0. The van der Waals surface area contributed by atoms with Crippen molar-refractivity contribution >= 4 is 14.9 Å². The van der Waals surface area contributed by atoms with Gasteiger partial charge in [-0.05, 0) is 0 Å². The highest BCUT2D eigenvalue weighted by Gasteiger charge is 1.37. The minimum absolute atomic E-state index is 1.02. The number of hydrogen-bond acceptors (Lipinski definition) is 2. The normalized spacial score (nSPS) is 4.00. The van der Waals surface area contributed by atoms with Gasteiger partial charge in [0.2, 0.25) is 0 Å². The molecule has 22 valence electrons. The zero-order valence-corrected chi connectivity index (χ0v) is 3.09. The van der Waals surface area contributed by atoms with Crippen LogP contribution in [-0.2, 0) is 4.79 Å². The Labute approximate surface area is 25.6 Å². The first-order valence-corrected chi connectivity index (χ1v) is 1.84. The van der Waals surface area contributed by atoms with Gasteiger partial charge in [0.1, 0.15) is 5.54 Å². The van der Waals surface area contributed by atoms with Crippen molar-refractivity contribution in [3.05, 3.63) is 0 Å². The summed E-state index contributed by atoms with van der Waals surface area (Å²) in [7, 11) is -1.02. The molecule has 4 heavy (non-hydrogen) atoms. The summed E-state index contributed by atoms with van der Waals surface area (Å²) in [5.41, 5.74) is 1.32. The lowest BCUT2D eigenvalue weighted by atomic mass is 11.9. The number of carbonyl (C=O) groups excluding carboxylic acids is 1. The Hall–Kier alpha value is -0.403. The first-order chi connectivity index (χ1) is 1.91. The van der Waals surface area contributed by atoms with Crippen molar-refractivity contribution in [1.82, 2.24) is 0 Å². The fourth-order valence-corrected chi connectivity index (χ4v) is 0. The number of hydrogen-bond donors (Lipinski definition) is 1.